The number of sulfonamides is 1. The molecule has 1 aromatic heterocycles. The largest absolute Gasteiger partial charge is 0.316 e. The highest BCUT2D eigenvalue weighted by atomic mass is 32.2. The molecule has 7 nitrogen and oxygen atoms in total. The van der Waals surface area contributed by atoms with Gasteiger partial charge in [-0.1, -0.05) is 0 Å². The van der Waals surface area contributed by atoms with Crippen molar-refractivity contribution in [2.75, 3.05) is 0 Å². The van der Waals surface area contributed by atoms with E-state index in [0.717, 1.165) is 4.57 Å². The van der Waals surface area contributed by atoms with Crippen LogP contribution in [0.25, 0.3) is 11.0 Å². The smallest absolute Gasteiger partial charge is 0.305 e. The predicted molar refractivity (Wildman–Crippen MR) is 84.5 cm³/mol. The zero-order valence-electron chi connectivity index (χ0n) is 13.2. The summed E-state index contributed by atoms with van der Waals surface area (Å²) in [6.45, 7) is 5.22. The van der Waals surface area contributed by atoms with Gasteiger partial charge in [-0.2, -0.15) is 0 Å². The third-order valence-corrected chi connectivity index (χ3v) is 4.97. The molecular formula is C14H19N3O4S. The Morgan fingerprint density at radius 3 is 1.95 bits per heavy atom. The van der Waals surface area contributed by atoms with Gasteiger partial charge in [0.1, 0.15) is 0 Å². The van der Waals surface area contributed by atoms with Crippen molar-refractivity contribution in [2.24, 2.45) is 14.1 Å². The molecule has 0 saturated heterocycles. The van der Waals surface area contributed by atoms with Crippen molar-refractivity contribution >= 4 is 21.1 Å². The van der Waals surface area contributed by atoms with Gasteiger partial charge < -0.3 is 9.13 Å². The number of nitrogens with one attached hydrogen (secondary N) is 1. The lowest BCUT2D eigenvalue weighted by Gasteiger charge is -2.20. The van der Waals surface area contributed by atoms with E-state index in [1.165, 1.54) is 36.9 Å². The minimum absolute atomic E-state index is 0.0450. The number of benzene rings is 1. The fourth-order valence-corrected chi connectivity index (χ4v) is 3.63. The van der Waals surface area contributed by atoms with E-state index in [1.807, 2.05) is 0 Å². The molecule has 0 saturated carbocycles. The van der Waals surface area contributed by atoms with E-state index < -0.39 is 26.7 Å². The first-order valence-corrected chi connectivity index (χ1v) is 8.16. The normalized spacial score (nSPS) is 12.8. The molecule has 0 spiro atoms. The van der Waals surface area contributed by atoms with Crippen LogP contribution < -0.4 is 15.8 Å². The molecule has 8 heteroatoms. The highest BCUT2D eigenvalue weighted by Crippen LogP contribution is 2.18. The van der Waals surface area contributed by atoms with Gasteiger partial charge in [-0.05, 0) is 39.0 Å². The second kappa shape index (κ2) is 5.06. The molecule has 0 fully saturated rings. The number of aryl methyl sites for hydroxylation is 2. The van der Waals surface area contributed by atoms with Crippen molar-refractivity contribution in [3.8, 4) is 0 Å². The van der Waals surface area contributed by atoms with Gasteiger partial charge in [-0.25, -0.2) is 13.1 Å². The summed E-state index contributed by atoms with van der Waals surface area (Å²) in [7, 11) is -0.791. The Morgan fingerprint density at radius 2 is 1.45 bits per heavy atom. The summed E-state index contributed by atoms with van der Waals surface area (Å²) in [5.74, 6) is 0. The van der Waals surface area contributed by atoms with Crippen LogP contribution in [-0.4, -0.2) is 23.1 Å². The summed E-state index contributed by atoms with van der Waals surface area (Å²) in [4.78, 5) is 23.7. The van der Waals surface area contributed by atoms with Crippen molar-refractivity contribution in [3.63, 3.8) is 0 Å². The Labute approximate surface area is 128 Å². The first kappa shape index (κ1) is 16.4. The first-order valence-electron chi connectivity index (χ1n) is 6.68. The topological polar surface area (TPSA) is 90.2 Å². The molecule has 120 valence electrons. The monoisotopic (exact) mass is 325 g/mol. The molecule has 2 rings (SSSR count). The molecule has 0 atom stereocenters. The van der Waals surface area contributed by atoms with Crippen LogP contribution in [0.2, 0.25) is 0 Å². The molecule has 1 heterocycles. The van der Waals surface area contributed by atoms with Gasteiger partial charge >= 0.3 is 11.1 Å². The van der Waals surface area contributed by atoms with Crippen LogP contribution in [0.5, 0.6) is 0 Å². The van der Waals surface area contributed by atoms with E-state index in [9.17, 15) is 18.0 Å². The number of aromatic nitrogens is 2. The van der Waals surface area contributed by atoms with Crippen molar-refractivity contribution in [3.05, 3.63) is 38.9 Å². The summed E-state index contributed by atoms with van der Waals surface area (Å²) in [6.07, 6.45) is 0. The van der Waals surface area contributed by atoms with Gasteiger partial charge in [0.2, 0.25) is 10.0 Å². The standard InChI is InChI=1S/C14H19N3O4S/c1-14(2,3)15-22(20,21)9-6-7-10-11(8-9)17(5)13(19)12(18)16(10)4/h6-8,15H,1-5H3. The van der Waals surface area contributed by atoms with E-state index in [0.29, 0.717) is 11.0 Å². The van der Waals surface area contributed by atoms with Crippen LogP contribution in [0, 0.1) is 0 Å². The number of nitrogens with zero attached hydrogens (tertiary/aromatic N) is 2. The lowest BCUT2D eigenvalue weighted by atomic mass is 10.1. The molecule has 0 aliphatic carbocycles. The Hall–Kier alpha value is -1.93. The van der Waals surface area contributed by atoms with Crippen molar-refractivity contribution in [1.29, 1.82) is 0 Å². The van der Waals surface area contributed by atoms with E-state index >= 15 is 0 Å². The SMILES string of the molecule is Cn1c(=O)c(=O)n(C)c2cc(S(=O)(=O)NC(C)(C)C)ccc21. The Bertz CT molecular complexity index is 962. The van der Waals surface area contributed by atoms with Crippen molar-refractivity contribution in [2.45, 2.75) is 31.2 Å². The number of hydrogen-bond acceptors (Lipinski definition) is 4. The highest BCUT2D eigenvalue weighted by Gasteiger charge is 2.23. The van der Waals surface area contributed by atoms with E-state index in [2.05, 4.69) is 4.72 Å². The van der Waals surface area contributed by atoms with Gasteiger partial charge in [0.25, 0.3) is 0 Å². The van der Waals surface area contributed by atoms with Crippen LogP contribution in [0.1, 0.15) is 20.8 Å². The maximum absolute atomic E-state index is 12.4. The molecule has 0 radical (unpaired) electrons. The number of hydrogen-bond donors (Lipinski definition) is 1. The van der Waals surface area contributed by atoms with Gasteiger partial charge in [0, 0.05) is 19.6 Å². The molecule has 1 aromatic carbocycles. The zero-order valence-corrected chi connectivity index (χ0v) is 14.0. The average molecular weight is 325 g/mol. The number of rotatable bonds is 2. The maximum Gasteiger partial charge on any atom is 0.316 e. The predicted octanol–water partition coefficient (Wildman–Crippen LogP) is 0.314. The third kappa shape index (κ3) is 2.84. The summed E-state index contributed by atoms with van der Waals surface area (Å²) < 4.78 is 29.7. The molecule has 0 aliphatic heterocycles. The lowest BCUT2D eigenvalue weighted by Crippen LogP contribution is -2.41. The molecule has 0 aliphatic rings. The van der Waals surface area contributed by atoms with Crippen LogP contribution in [0.15, 0.2) is 32.7 Å². The Kier molecular flexibility index (Phi) is 3.78. The Morgan fingerprint density at radius 1 is 0.955 bits per heavy atom. The van der Waals surface area contributed by atoms with Gasteiger partial charge in [-0.3, -0.25) is 9.59 Å². The molecule has 2 aromatic rings. The molecule has 1 N–H and O–H groups in total. The minimum Gasteiger partial charge on any atom is -0.305 e. The van der Waals surface area contributed by atoms with Crippen LogP contribution in [0.4, 0.5) is 0 Å². The fourth-order valence-electron chi connectivity index (χ4n) is 2.19. The number of fused-ring (bicyclic) bond motifs is 1. The minimum atomic E-state index is -3.71. The first-order chi connectivity index (χ1) is 9.94. The van der Waals surface area contributed by atoms with E-state index in [4.69, 9.17) is 0 Å². The highest BCUT2D eigenvalue weighted by molar-refractivity contribution is 7.89. The average Bonchev–Trinajstić information content (AvgIpc) is 2.39. The van der Waals surface area contributed by atoms with Gasteiger partial charge in [0.05, 0.1) is 15.9 Å². The second-order valence-electron chi connectivity index (χ2n) is 6.23. The summed E-state index contributed by atoms with van der Waals surface area (Å²) in [5, 5.41) is 0. The second-order valence-corrected chi connectivity index (χ2v) is 7.92. The summed E-state index contributed by atoms with van der Waals surface area (Å²) in [6, 6.07) is 4.33. The Balaban J connectivity index is 2.77. The molecule has 0 bridgehead atoms. The lowest BCUT2D eigenvalue weighted by molar-refractivity contribution is 0.491. The summed E-state index contributed by atoms with van der Waals surface area (Å²) >= 11 is 0. The van der Waals surface area contributed by atoms with Crippen LogP contribution in [-0.2, 0) is 24.1 Å². The molecule has 0 amide bonds. The maximum atomic E-state index is 12.4. The molecular weight excluding hydrogens is 306 g/mol. The van der Waals surface area contributed by atoms with Gasteiger partial charge in [0.15, 0.2) is 0 Å². The third-order valence-electron chi connectivity index (χ3n) is 3.21. The van der Waals surface area contributed by atoms with Crippen molar-refractivity contribution < 1.29 is 8.42 Å². The fraction of sp³-hybridized carbons (Fsp3) is 0.429. The van der Waals surface area contributed by atoms with Crippen LogP contribution >= 0.6 is 0 Å². The van der Waals surface area contributed by atoms with E-state index in [-0.39, 0.29) is 4.90 Å². The summed E-state index contributed by atoms with van der Waals surface area (Å²) in [5.41, 5.74) is -1.11. The van der Waals surface area contributed by atoms with Crippen LogP contribution in [0.3, 0.4) is 0 Å². The quantitative estimate of drug-likeness (QED) is 0.805. The van der Waals surface area contributed by atoms with Gasteiger partial charge in [-0.15, -0.1) is 0 Å². The zero-order chi connectivity index (χ0) is 16.9. The van der Waals surface area contributed by atoms with Crippen molar-refractivity contribution in [1.82, 2.24) is 13.9 Å². The molecule has 22 heavy (non-hydrogen) atoms. The molecule has 0 unspecified atom stereocenters. The van der Waals surface area contributed by atoms with E-state index in [1.54, 1.807) is 20.8 Å².